The molecular formula is C19H13LiNO+. The monoisotopic (exact) mass is 278 g/mol. The van der Waals surface area contributed by atoms with Crippen LogP contribution in [0, 0.1) is 0 Å². The molecule has 1 N–H and O–H groups in total. The molecule has 1 heterocycles. The summed E-state index contributed by atoms with van der Waals surface area (Å²) in [7, 11) is 0. The Labute approximate surface area is 140 Å². The molecule has 3 aromatic carbocycles. The molecule has 0 atom stereocenters. The molecule has 0 aliphatic carbocycles. The maximum Gasteiger partial charge on any atom is 1.00 e. The molecule has 2 nitrogen and oxygen atoms in total. The molecule has 1 aromatic heterocycles. The van der Waals surface area contributed by atoms with E-state index in [1.807, 2.05) is 42.5 Å². The smallest absolute Gasteiger partial charge is 0.872 e. The molecular weight excluding hydrogens is 265 g/mol. The predicted octanol–water partition coefficient (Wildman–Crippen LogP) is 0.552. The van der Waals surface area contributed by atoms with Gasteiger partial charge in [-0.15, -0.1) is 0 Å². The zero-order valence-electron chi connectivity index (χ0n) is 12.3. The minimum absolute atomic E-state index is 0. The molecule has 3 heteroatoms. The van der Waals surface area contributed by atoms with Gasteiger partial charge in [0, 0.05) is 17.0 Å². The molecule has 0 spiro atoms. The molecule has 0 bridgehead atoms. The van der Waals surface area contributed by atoms with E-state index in [9.17, 15) is 5.11 Å². The minimum Gasteiger partial charge on any atom is -0.872 e. The second kappa shape index (κ2) is 5.85. The summed E-state index contributed by atoms with van der Waals surface area (Å²) < 4.78 is 0. The third-order valence-electron chi connectivity index (χ3n) is 3.83. The van der Waals surface area contributed by atoms with Gasteiger partial charge in [0.15, 0.2) is 0 Å². The Morgan fingerprint density at radius 2 is 1.23 bits per heavy atom. The molecule has 0 aliphatic heterocycles. The fourth-order valence-corrected chi connectivity index (χ4v) is 2.85. The summed E-state index contributed by atoms with van der Waals surface area (Å²) in [6.07, 6.45) is 0. The summed E-state index contributed by atoms with van der Waals surface area (Å²) in [6, 6.07) is 23.5. The van der Waals surface area contributed by atoms with Crippen LogP contribution in [0.5, 0.6) is 5.75 Å². The quantitative estimate of drug-likeness (QED) is 0.370. The van der Waals surface area contributed by atoms with Crippen LogP contribution in [-0.4, -0.2) is 0 Å². The van der Waals surface area contributed by atoms with Crippen LogP contribution in [-0.2, 0) is 0 Å². The number of nitrogens with one attached hydrogen (secondary N) is 1. The van der Waals surface area contributed by atoms with Crippen molar-refractivity contribution in [3.8, 4) is 17.0 Å². The Balaban J connectivity index is 0.00000144. The second-order valence-corrected chi connectivity index (χ2v) is 5.09. The van der Waals surface area contributed by atoms with Crippen molar-refractivity contribution < 1.29 is 29.0 Å². The third kappa shape index (κ3) is 2.27. The van der Waals surface area contributed by atoms with Crippen molar-refractivity contribution in [2.45, 2.75) is 0 Å². The Hall–Kier alpha value is -2.27. The molecule has 0 saturated carbocycles. The summed E-state index contributed by atoms with van der Waals surface area (Å²) in [4.78, 5) is 3.43. The molecule has 0 amide bonds. The third-order valence-corrected chi connectivity index (χ3v) is 3.83. The van der Waals surface area contributed by atoms with Crippen molar-refractivity contribution in [1.82, 2.24) is 0 Å². The van der Waals surface area contributed by atoms with E-state index >= 15 is 0 Å². The maximum absolute atomic E-state index is 12.2. The van der Waals surface area contributed by atoms with Crippen molar-refractivity contribution in [3.63, 3.8) is 0 Å². The fourth-order valence-electron chi connectivity index (χ4n) is 2.85. The molecule has 0 radical (unpaired) electrons. The second-order valence-electron chi connectivity index (χ2n) is 5.09. The van der Waals surface area contributed by atoms with Crippen molar-refractivity contribution >= 4 is 21.7 Å². The van der Waals surface area contributed by atoms with Crippen molar-refractivity contribution in [1.29, 1.82) is 0 Å². The van der Waals surface area contributed by atoms with Crippen molar-refractivity contribution in [2.24, 2.45) is 0 Å². The molecule has 100 valence electrons. The first-order chi connectivity index (χ1) is 10.3. The van der Waals surface area contributed by atoms with Crippen LogP contribution in [0.2, 0.25) is 0 Å². The first kappa shape index (κ1) is 14.7. The Bertz CT molecular complexity index is 965. The van der Waals surface area contributed by atoms with Crippen molar-refractivity contribution in [3.05, 3.63) is 72.8 Å². The molecule has 0 unspecified atom stereocenters. The summed E-state index contributed by atoms with van der Waals surface area (Å²) in [5.74, 6) is 0.0363. The summed E-state index contributed by atoms with van der Waals surface area (Å²) in [5, 5.41) is 15.6. The van der Waals surface area contributed by atoms with Gasteiger partial charge in [0.25, 0.3) is 0 Å². The summed E-state index contributed by atoms with van der Waals surface area (Å²) >= 11 is 0. The zero-order valence-corrected chi connectivity index (χ0v) is 12.3. The molecule has 4 rings (SSSR count). The number of fused-ring (bicyclic) bond motifs is 3. The Morgan fingerprint density at radius 1 is 0.636 bits per heavy atom. The number of H-pyrrole nitrogens is 1. The van der Waals surface area contributed by atoms with E-state index in [1.54, 1.807) is 12.1 Å². The van der Waals surface area contributed by atoms with Crippen molar-refractivity contribution in [2.75, 3.05) is 0 Å². The van der Waals surface area contributed by atoms with E-state index in [4.69, 9.17) is 0 Å². The van der Waals surface area contributed by atoms with Crippen LogP contribution in [0.4, 0.5) is 0 Å². The number of aromatic nitrogens is 1. The van der Waals surface area contributed by atoms with E-state index < -0.39 is 0 Å². The Morgan fingerprint density at radius 3 is 2.00 bits per heavy atom. The molecule has 4 aromatic rings. The number of hydrogen-bond donors (Lipinski definition) is 0. The first-order valence-corrected chi connectivity index (χ1v) is 6.94. The SMILES string of the molecule is [Li+].[O-]c1ccccc1-c1[nH+]c2ccccc2c2ccccc12. The zero-order chi connectivity index (χ0) is 14.2. The van der Waals surface area contributed by atoms with Crippen LogP contribution < -0.4 is 29.0 Å². The van der Waals surface area contributed by atoms with Gasteiger partial charge in [-0.2, -0.15) is 0 Å². The fraction of sp³-hybridized carbons (Fsp3) is 0. The van der Waals surface area contributed by atoms with Gasteiger partial charge in [-0.1, -0.05) is 54.3 Å². The van der Waals surface area contributed by atoms with Gasteiger partial charge < -0.3 is 5.11 Å². The topological polar surface area (TPSA) is 37.2 Å². The van der Waals surface area contributed by atoms with Gasteiger partial charge >= 0.3 is 18.9 Å². The molecule has 0 fully saturated rings. The van der Waals surface area contributed by atoms with Crippen LogP contribution in [0.25, 0.3) is 32.9 Å². The van der Waals surface area contributed by atoms with Crippen LogP contribution in [0.1, 0.15) is 0 Å². The van der Waals surface area contributed by atoms with Gasteiger partial charge in [-0.25, -0.2) is 4.98 Å². The summed E-state index contributed by atoms with van der Waals surface area (Å²) in [6.45, 7) is 0. The number of rotatable bonds is 1. The van der Waals surface area contributed by atoms with E-state index in [0.717, 1.165) is 22.0 Å². The van der Waals surface area contributed by atoms with Gasteiger partial charge in [-0.05, 0) is 18.2 Å². The van der Waals surface area contributed by atoms with Gasteiger partial charge in [-0.3, -0.25) is 0 Å². The molecule has 22 heavy (non-hydrogen) atoms. The number of para-hydroxylation sites is 2. The molecule has 0 saturated heterocycles. The predicted molar refractivity (Wildman–Crippen MR) is 82.9 cm³/mol. The molecule has 0 aliphatic rings. The standard InChI is InChI=1S/C19H13NO.Li/c21-18-12-6-4-10-16(18)19-15-9-2-1-7-13(15)14-8-3-5-11-17(14)20-19;/h1-12,21H;/q;+1. The number of benzene rings is 3. The Kier molecular flexibility index (Phi) is 3.89. The largest absolute Gasteiger partial charge is 1.00 e. The number of hydrogen-bond acceptors (Lipinski definition) is 1. The average molecular weight is 278 g/mol. The van der Waals surface area contributed by atoms with Crippen LogP contribution in [0.3, 0.4) is 0 Å². The van der Waals surface area contributed by atoms with E-state index in [0.29, 0.717) is 5.56 Å². The number of pyridine rings is 1. The normalized spacial score (nSPS) is 10.5. The average Bonchev–Trinajstić information content (AvgIpc) is 2.55. The van der Waals surface area contributed by atoms with E-state index in [2.05, 4.69) is 23.2 Å². The van der Waals surface area contributed by atoms with E-state index in [1.165, 1.54) is 5.39 Å². The van der Waals surface area contributed by atoms with Crippen LogP contribution in [0.15, 0.2) is 72.8 Å². The van der Waals surface area contributed by atoms with Gasteiger partial charge in [0.2, 0.25) is 11.2 Å². The van der Waals surface area contributed by atoms with Crippen LogP contribution >= 0.6 is 0 Å². The van der Waals surface area contributed by atoms with Gasteiger partial charge in [0.05, 0.1) is 10.8 Å². The van der Waals surface area contributed by atoms with E-state index in [-0.39, 0.29) is 24.6 Å². The first-order valence-electron chi connectivity index (χ1n) is 6.94. The number of aromatic amines is 1. The van der Waals surface area contributed by atoms with Gasteiger partial charge in [0.1, 0.15) is 0 Å². The summed E-state index contributed by atoms with van der Waals surface area (Å²) in [5.41, 5.74) is 2.63. The minimum atomic E-state index is 0. The maximum atomic E-state index is 12.2.